The molecular formula is C12H16F2N2O4S. The Labute approximate surface area is 121 Å². The van der Waals surface area contributed by atoms with Crippen molar-refractivity contribution < 1.29 is 27.0 Å². The summed E-state index contributed by atoms with van der Waals surface area (Å²) < 4.78 is 58.5. The van der Waals surface area contributed by atoms with Gasteiger partial charge < -0.3 is 15.6 Å². The summed E-state index contributed by atoms with van der Waals surface area (Å²) in [6.45, 7) is 1.47. The number of nitrogens with one attached hydrogen (secondary N) is 1. The average Bonchev–Trinajstić information content (AvgIpc) is 2.66. The standard InChI is InChI=1S/C12H16F2N2O4S/c1-7-12(17,2-3-20-7)6-16-21(18,19)11-9(13)4-8(15)5-10(11)14/h4-5,7,16-17H,2-3,6,15H2,1H3. The fraction of sp³-hybridized carbons (Fsp3) is 0.500. The Morgan fingerprint density at radius 1 is 1.48 bits per heavy atom. The molecule has 0 aliphatic carbocycles. The molecule has 1 aromatic carbocycles. The molecular weight excluding hydrogens is 306 g/mol. The van der Waals surface area contributed by atoms with E-state index in [1.54, 1.807) is 6.92 Å². The summed E-state index contributed by atoms with van der Waals surface area (Å²) in [5.74, 6) is -2.58. The molecule has 2 unspecified atom stereocenters. The van der Waals surface area contributed by atoms with Crippen molar-refractivity contribution in [3.05, 3.63) is 23.8 Å². The molecule has 6 nitrogen and oxygen atoms in total. The molecule has 21 heavy (non-hydrogen) atoms. The second-order valence-electron chi connectivity index (χ2n) is 5.00. The van der Waals surface area contributed by atoms with Gasteiger partial charge in [0.05, 0.1) is 6.10 Å². The van der Waals surface area contributed by atoms with Crippen LogP contribution in [-0.4, -0.2) is 38.4 Å². The lowest BCUT2D eigenvalue weighted by atomic mass is 9.97. The van der Waals surface area contributed by atoms with Gasteiger partial charge in [-0.25, -0.2) is 21.9 Å². The molecule has 2 atom stereocenters. The van der Waals surface area contributed by atoms with E-state index in [-0.39, 0.29) is 18.7 Å². The van der Waals surface area contributed by atoms with Crippen molar-refractivity contribution in [1.82, 2.24) is 4.72 Å². The van der Waals surface area contributed by atoms with Gasteiger partial charge in [-0.1, -0.05) is 0 Å². The van der Waals surface area contributed by atoms with Crippen LogP contribution in [-0.2, 0) is 14.8 Å². The van der Waals surface area contributed by atoms with Crippen LogP contribution in [0.4, 0.5) is 14.5 Å². The van der Waals surface area contributed by atoms with Crippen LogP contribution in [0.5, 0.6) is 0 Å². The van der Waals surface area contributed by atoms with Crippen LogP contribution >= 0.6 is 0 Å². The fourth-order valence-corrected chi connectivity index (χ4v) is 3.35. The number of hydrogen-bond donors (Lipinski definition) is 3. The summed E-state index contributed by atoms with van der Waals surface area (Å²) in [6, 6.07) is 1.43. The lowest BCUT2D eigenvalue weighted by Crippen LogP contribution is -2.47. The van der Waals surface area contributed by atoms with E-state index in [9.17, 15) is 22.3 Å². The smallest absolute Gasteiger partial charge is 0.246 e. The van der Waals surface area contributed by atoms with Gasteiger partial charge >= 0.3 is 0 Å². The summed E-state index contributed by atoms with van der Waals surface area (Å²) in [7, 11) is -4.46. The van der Waals surface area contributed by atoms with Gasteiger partial charge in [-0.05, 0) is 19.1 Å². The third-order valence-corrected chi connectivity index (χ3v) is 4.97. The number of halogens is 2. The van der Waals surface area contributed by atoms with Crippen LogP contribution < -0.4 is 10.5 Å². The van der Waals surface area contributed by atoms with Crippen LogP contribution in [0.3, 0.4) is 0 Å². The van der Waals surface area contributed by atoms with E-state index in [4.69, 9.17) is 10.5 Å². The highest BCUT2D eigenvalue weighted by Gasteiger charge is 2.40. The number of nitrogens with two attached hydrogens (primary N) is 1. The first-order valence-corrected chi connectivity index (χ1v) is 7.72. The molecule has 0 radical (unpaired) electrons. The molecule has 1 heterocycles. The highest BCUT2D eigenvalue weighted by atomic mass is 32.2. The zero-order chi connectivity index (χ0) is 15.8. The molecule has 118 valence electrons. The van der Waals surface area contributed by atoms with E-state index < -0.39 is 44.8 Å². The van der Waals surface area contributed by atoms with E-state index in [0.29, 0.717) is 12.1 Å². The topological polar surface area (TPSA) is 102 Å². The number of benzene rings is 1. The molecule has 4 N–H and O–H groups in total. The SMILES string of the molecule is CC1OCCC1(O)CNS(=O)(=O)c1c(F)cc(N)cc1F. The summed E-state index contributed by atoms with van der Waals surface area (Å²) >= 11 is 0. The van der Waals surface area contributed by atoms with Gasteiger partial charge in [0.25, 0.3) is 0 Å². The molecule has 1 aliphatic heterocycles. The van der Waals surface area contributed by atoms with Gasteiger partial charge in [0.15, 0.2) is 4.90 Å². The third kappa shape index (κ3) is 3.15. The third-order valence-electron chi connectivity index (χ3n) is 3.52. The Morgan fingerprint density at radius 2 is 2.05 bits per heavy atom. The van der Waals surface area contributed by atoms with Gasteiger partial charge in [-0.15, -0.1) is 0 Å². The van der Waals surface area contributed by atoms with Crippen LogP contribution in [0, 0.1) is 11.6 Å². The maximum absolute atomic E-state index is 13.7. The van der Waals surface area contributed by atoms with E-state index in [2.05, 4.69) is 0 Å². The molecule has 0 aromatic heterocycles. The largest absolute Gasteiger partial charge is 0.399 e. The van der Waals surface area contributed by atoms with E-state index >= 15 is 0 Å². The zero-order valence-electron chi connectivity index (χ0n) is 11.3. The summed E-state index contributed by atoms with van der Waals surface area (Å²) in [6.07, 6.45) is -0.357. The summed E-state index contributed by atoms with van der Waals surface area (Å²) in [4.78, 5) is -1.12. The predicted octanol–water partition coefficient (Wildman–Crippen LogP) is 0.365. The van der Waals surface area contributed by atoms with E-state index in [1.165, 1.54) is 0 Å². The molecule has 9 heteroatoms. The number of anilines is 1. The maximum Gasteiger partial charge on any atom is 0.246 e. The monoisotopic (exact) mass is 322 g/mol. The lowest BCUT2D eigenvalue weighted by Gasteiger charge is -2.26. The van der Waals surface area contributed by atoms with Gasteiger partial charge in [0, 0.05) is 25.3 Å². The number of aliphatic hydroxyl groups is 1. The Hall–Kier alpha value is -1.29. The predicted molar refractivity (Wildman–Crippen MR) is 70.9 cm³/mol. The van der Waals surface area contributed by atoms with Crippen molar-refractivity contribution in [2.45, 2.75) is 29.9 Å². The molecule has 1 aliphatic rings. The first-order chi connectivity index (χ1) is 9.66. The minimum absolute atomic E-state index is 0.222. The molecule has 0 saturated carbocycles. The highest BCUT2D eigenvalue weighted by Crippen LogP contribution is 2.26. The molecule has 1 aromatic rings. The molecule has 1 fully saturated rings. The van der Waals surface area contributed by atoms with Crippen molar-refractivity contribution in [1.29, 1.82) is 0 Å². The highest BCUT2D eigenvalue weighted by molar-refractivity contribution is 7.89. The summed E-state index contributed by atoms with van der Waals surface area (Å²) in [5.41, 5.74) is 3.60. The first kappa shape index (κ1) is 16.1. The number of rotatable bonds is 4. The fourth-order valence-electron chi connectivity index (χ4n) is 2.13. The van der Waals surface area contributed by atoms with Gasteiger partial charge in [0.1, 0.15) is 17.2 Å². The maximum atomic E-state index is 13.7. The van der Waals surface area contributed by atoms with Crippen molar-refractivity contribution in [2.75, 3.05) is 18.9 Å². The Bertz CT molecular complexity index is 630. The minimum Gasteiger partial charge on any atom is -0.399 e. The average molecular weight is 322 g/mol. The van der Waals surface area contributed by atoms with Crippen LogP contribution in [0.25, 0.3) is 0 Å². The van der Waals surface area contributed by atoms with Gasteiger partial charge in [0.2, 0.25) is 10.0 Å². The van der Waals surface area contributed by atoms with Crippen LogP contribution in [0.15, 0.2) is 17.0 Å². The Morgan fingerprint density at radius 3 is 2.52 bits per heavy atom. The molecule has 0 spiro atoms. The Kier molecular flexibility index (Phi) is 4.20. The molecule has 1 saturated heterocycles. The Balaban J connectivity index is 2.24. The number of sulfonamides is 1. The number of ether oxygens (including phenoxy) is 1. The van der Waals surface area contributed by atoms with Crippen LogP contribution in [0.1, 0.15) is 13.3 Å². The van der Waals surface area contributed by atoms with Crippen molar-refractivity contribution in [3.8, 4) is 0 Å². The first-order valence-electron chi connectivity index (χ1n) is 6.24. The van der Waals surface area contributed by atoms with E-state index in [1.807, 2.05) is 4.72 Å². The normalized spacial score (nSPS) is 26.2. The molecule has 0 amide bonds. The lowest BCUT2D eigenvalue weighted by molar-refractivity contribution is -0.0228. The second kappa shape index (κ2) is 5.48. The molecule has 2 rings (SSSR count). The van der Waals surface area contributed by atoms with Gasteiger partial charge in [-0.2, -0.15) is 0 Å². The number of nitrogen functional groups attached to an aromatic ring is 1. The van der Waals surface area contributed by atoms with Crippen molar-refractivity contribution in [2.24, 2.45) is 0 Å². The minimum atomic E-state index is -4.46. The summed E-state index contributed by atoms with van der Waals surface area (Å²) in [5, 5.41) is 10.2. The van der Waals surface area contributed by atoms with E-state index in [0.717, 1.165) is 0 Å². The number of hydrogen-bond acceptors (Lipinski definition) is 5. The van der Waals surface area contributed by atoms with Gasteiger partial charge in [-0.3, -0.25) is 0 Å². The quantitative estimate of drug-likeness (QED) is 0.695. The second-order valence-corrected chi connectivity index (χ2v) is 6.71. The van der Waals surface area contributed by atoms with Crippen LogP contribution in [0.2, 0.25) is 0 Å². The molecule has 0 bridgehead atoms. The zero-order valence-corrected chi connectivity index (χ0v) is 12.1. The van der Waals surface area contributed by atoms with Crippen molar-refractivity contribution >= 4 is 15.7 Å². The van der Waals surface area contributed by atoms with Crippen molar-refractivity contribution in [3.63, 3.8) is 0 Å².